The van der Waals surface area contributed by atoms with Gasteiger partial charge in [-0.05, 0) is 55.6 Å². The van der Waals surface area contributed by atoms with Gasteiger partial charge in [-0.25, -0.2) is 13.4 Å². The molecule has 0 spiro atoms. The Hall–Kier alpha value is -2.20. The van der Waals surface area contributed by atoms with Gasteiger partial charge in [0, 0.05) is 24.5 Å². The third-order valence-corrected chi connectivity index (χ3v) is 8.42. The second-order valence-electron chi connectivity index (χ2n) is 7.43. The third-order valence-electron chi connectivity index (χ3n) is 5.41. The molecule has 0 fully saturated rings. The predicted octanol–water partition coefficient (Wildman–Crippen LogP) is 4.50. The number of nitrogens with zero attached hydrogens (tertiary/aromatic N) is 3. The van der Waals surface area contributed by atoms with Gasteiger partial charge in [0.2, 0.25) is 5.91 Å². The van der Waals surface area contributed by atoms with E-state index in [9.17, 15) is 13.2 Å². The minimum atomic E-state index is -3.61. The summed E-state index contributed by atoms with van der Waals surface area (Å²) in [6, 6.07) is 11.6. The van der Waals surface area contributed by atoms with Gasteiger partial charge in [-0.3, -0.25) is 9.69 Å². The number of hydrogen-bond acceptors (Lipinski definition) is 7. The molecule has 0 N–H and O–H groups in total. The van der Waals surface area contributed by atoms with Crippen molar-refractivity contribution in [1.82, 2.24) is 9.88 Å². The molecule has 0 aliphatic rings. The van der Waals surface area contributed by atoms with Crippen LogP contribution in [-0.4, -0.2) is 63.3 Å². The number of carbonyl (C=O) groups is 1. The molecule has 0 aliphatic heterocycles. The zero-order chi connectivity index (χ0) is 24.0. The lowest BCUT2D eigenvalue weighted by atomic mass is 10.3. The number of amides is 1. The van der Waals surface area contributed by atoms with Crippen molar-refractivity contribution in [2.24, 2.45) is 0 Å². The van der Waals surface area contributed by atoms with E-state index in [1.165, 1.54) is 30.6 Å². The van der Waals surface area contributed by atoms with Gasteiger partial charge in [0.1, 0.15) is 5.75 Å². The van der Waals surface area contributed by atoms with Crippen LogP contribution >= 0.6 is 22.9 Å². The van der Waals surface area contributed by atoms with Crippen molar-refractivity contribution in [3.63, 3.8) is 0 Å². The Labute approximate surface area is 203 Å². The smallest absolute Gasteiger partial charge is 0.229 e. The molecule has 0 atom stereocenters. The number of thiazole rings is 1. The normalized spacial score (nSPS) is 11.8. The van der Waals surface area contributed by atoms with Gasteiger partial charge in [-0.1, -0.05) is 36.8 Å². The van der Waals surface area contributed by atoms with Crippen LogP contribution in [0.5, 0.6) is 5.75 Å². The molecule has 7 nitrogen and oxygen atoms in total. The molecule has 0 unspecified atom stereocenters. The highest BCUT2D eigenvalue weighted by atomic mass is 35.5. The van der Waals surface area contributed by atoms with Crippen molar-refractivity contribution in [2.45, 2.75) is 25.2 Å². The van der Waals surface area contributed by atoms with Gasteiger partial charge in [-0.15, -0.1) is 0 Å². The first-order valence-electron chi connectivity index (χ1n) is 10.7. The first-order chi connectivity index (χ1) is 15.8. The fourth-order valence-electron chi connectivity index (χ4n) is 3.37. The lowest BCUT2D eigenvalue weighted by molar-refractivity contribution is -0.118. The molecular formula is C23H28ClN3O4S2. The zero-order valence-corrected chi connectivity index (χ0v) is 21.3. The Balaban J connectivity index is 1.80. The van der Waals surface area contributed by atoms with Crippen molar-refractivity contribution >= 4 is 54.0 Å². The molecule has 1 amide bonds. The summed E-state index contributed by atoms with van der Waals surface area (Å²) in [6.07, 6.45) is -0.136. The van der Waals surface area contributed by atoms with Crippen LogP contribution in [0.3, 0.4) is 0 Å². The van der Waals surface area contributed by atoms with E-state index in [1.54, 1.807) is 23.1 Å². The Kier molecular flexibility index (Phi) is 8.69. The van der Waals surface area contributed by atoms with Gasteiger partial charge in [0.25, 0.3) is 0 Å². The maximum atomic E-state index is 13.2. The summed E-state index contributed by atoms with van der Waals surface area (Å²) in [7, 11) is -2.10. The fourth-order valence-corrected chi connectivity index (χ4v) is 5.88. The molecule has 2 aromatic carbocycles. The van der Waals surface area contributed by atoms with E-state index < -0.39 is 9.84 Å². The highest BCUT2D eigenvalue weighted by Gasteiger charge is 2.24. The molecule has 0 saturated carbocycles. The SMILES string of the molecule is CCN(CC)CCN(C(=O)CCS(=O)(=O)c1ccc(OC)cc1)c1nc2ccc(Cl)cc2s1. The highest BCUT2D eigenvalue weighted by Crippen LogP contribution is 2.31. The van der Waals surface area contributed by atoms with Crippen molar-refractivity contribution in [1.29, 1.82) is 0 Å². The minimum Gasteiger partial charge on any atom is -0.497 e. The van der Waals surface area contributed by atoms with E-state index in [0.29, 0.717) is 29.0 Å². The first-order valence-corrected chi connectivity index (χ1v) is 13.6. The quantitative estimate of drug-likeness (QED) is 0.378. The second-order valence-corrected chi connectivity index (χ2v) is 11.0. The summed E-state index contributed by atoms with van der Waals surface area (Å²) in [5, 5.41) is 1.15. The number of methoxy groups -OCH3 is 1. The predicted molar refractivity (Wildman–Crippen MR) is 134 cm³/mol. The summed E-state index contributed by atoms with van der Waals surface area (Å²) < 4.78 is 31.5. The highest BCUT2D eigenvalue weighted by molar-refractivity contribution is 7.91. The van der Waals surface area contributed by atoms with E-state index >= 15 is 0 Å². The Morgan fingerprint density at radius 3 is 2.42 bits per heavy atom. The molecule has 1 heterocycles. The number of benzene rings is 2. The lowest BCUT2D eigenvalue weighted by Crippen LogP contribution is -2.39. The molecule has 33 heavy (non-hydrogen) atoms. The number of ether oxygens (including phenoxy) is 1. The number of rotatable bonds is 11. The maximum Gasteiger partial charge on any atom is 0.229 e. The summed E-state index contributed by atoms with van der Waals surface area (Å²) in [5.41, 5.74) is 0.755. The molecule has 0 radical (unpaired) electrons. The summed E-state index contributed by atoms with van der Waals surface area (Å²) in [5.74, 6) is 0.0179. The van der Waals surface area contributed by atoms with Gasteiger partial charge < -0.3 is 9.64 Å². The first kappa shape index (κ1) is 25.4. The lowest BCUT2D eigenvalue weighted by Gasteiger charge is -2.24. The molecule has 0 saturated heterocycles. The summed E-state index contributed by atoms with van der Waals surface area (Å²) >= 11 is 7.48. The van der Waals surface area contributed by atoms with Crippen LogP contribution in [0.4, 0.5) is 5.13 Å². The van der Waals surface area contributed by atoms with Crippen LogP contribution in [-0.2, 0) is 14.6 Å². The summed E-state index contributed by atoms with van der Waals surface area (Å²) in [6.45, 7) is 6.95. The molecule has 1 aromatic heterocycles. The number of aromatic nitrogens is 1. The van der Waals surface area contributed by atoms with E-state index in [2.05, 4.69) is 23.7 Å². The van der Waals surface area contributed by atoms with Crippen LogP contribution in [0.25, 0.3) is 10.2 Å². The van der Waals surface area contributed by atoms with Crippen LogP contribution in [0, 0.1) is 0 Å². The number of fused-ring (bicyclic) bond motifs is 1. The molecule has 3 aromatic rings. The van der Waals surface area contributed by atoms with Crippen molar-refractivity contribution in [3.05, 3.63) is 47.5 Å². The zero-order valence-electron chi connectivity index (χ0n) is 19.0. The number of sulfone groups is 1. The molecule has 3 rings (SSSR count). The Morgan fingerprint density at radius 1 is 1.09 bits per heavy atom. The minimum absolute atomic E-state index is 0.136. The average Bonchev–Trinajstić information content (AvgIpc) is 3.23. The fraction of sp³-hybridized carbons (Fsp3) is 0.391. The number of likely N-dealkylation sites (N-methyl/N-ethyl adjacent to an activating group) is 1. The van der Waals surface area contributed by atoms with Gasteiger partial charge in [0.15, 0.2) is 15.0 Å². The van der Waals surface area contributed by atoms with E-state index in [1.807, 2.05) is 12.1 Å². The second kappa shape index (κ2) is 11.3. The molecule has 0 bridgehead atoms. The van der Waals surface area contributed by atoms with Crippen LogP contribution in [0.15, 0.2) is 47.4 Å². The van der Waals surface area contributed by atoms with E-state index in [0.717, 1.165) is 23.3 Å². The largest absolute Gasteiger partial charge is 0.497 e. The average molecular weight is 510 g/mol. The Bertz CT molecular complexity index is 1190. The van der Waals surface area contributed by atoms with Crippen molar-refractivity contribution in [2.75, 3.05) is 43.9 Å². The number of hydrogen-bond donors (Lipinski definition) is 0. The molecule has 0 aliphatic carbocycles. The van der Waals surface area contributed by atoms with E-state index in [-0.39, 0.29) is 23.0 Å². The number of anilines is 1. The van der Waals surface area contributed by atoms with Crippen molar-refractivity contribution < 1.29 is 17.9 Å². The van der Waals surface area contributed by atoms with Crippen LogP contribution in [0.1, 0.15) is 20.3 Å². The van der Waals surface area contributed by atoms with E-state index in [4.69, 9.17) is 16.3 Å². The Morgan fingerprint density at radius 2 is 1.79 bits per heavy atom. The number of halogens is 1. The molecular weight excluding hydrogens is 482 g/mol. The summed E-state index contributed by atoms with van der Waals surface area (Å²) in [4.78, 5) is 21.8. The van der Waals surface area contributed by atoms with Gasteiger partial charge in [0.05, 0.1) is 28.0 Å². The maximum absolute atomic E-state index is 13.2. The van der Waals surface area contributed by atoms with Crippen LogP contribution in [0.2, 0.25) is 5.02 Å². The van der Waals surface area contributed by atoms with Crippen molar-refractivity contribution in [3.8, 4) is 5.75 Å². The molecule has 178 valence electrons. The number of carbonyl (C=O) groups excluding carboxylic acids is 1. The molecule has 10 heteroatoms. The van der Waals surface area contributed by atoms with Gasteiger partial charge >= 0.3 is 0 Å². The monoisotopic (exact) mass is 509 g/mol. The topological polar surface area (TPSA) is 79.8 Å². The van der Waals surface area contributed by atoms with Crippen LogP contribution < -0.4 is 9.64 Å². The standard InChI is InChI=1S/C23H28ClN3O4S2/c1-4-26(5-2)13-14-27(23-25-20-11-6-17(24)16-21(20)32-23)22(28)12-15-33(29,30)19-9-7-18(31-3)8-10-19/h6-11,16H,4-5,12-15H2,1-3H3. The van der Waals surface area contributed by atoms with Gasteiger partial charge in [-0.2, -0.15) is 0 Å². The third kappa shape index (κ3) is 6.44.